The van der Waals surface area contributed by atoms with Crippen LogP contribution in [0.4, 0.5) is 0 Å². The Morgan fingerprint density at radius 3 is 2.75 bits per heavy atom. The minimum Gasteiger partial charge on any atom is -0.244 e. The predicted molar refractivity (Wildman–Crippen MR) is 54.3 cm³/mol. The van der Waals surface area contributed by atoms with E-state index in [1.807, 2.05) is 0 Å². The van der Waals surface area contributed by atoms with E-state index in [4.69, 9.17) is 10.5 Å². The third kappa shape index (κ3) is 2.54. The Kier molecular flexibility index (Phi) is 3.56. The van der Waals surface area contributed by atoms with Gasteiger partial charge in [-0.1, -0.05) is 0 Å². The summed E-state index contributed by atoms with van der Waals surface area (Å²) < 4.78 is 25.6. The first kappa shape index (κ1) is 12.1. The zero-order valence-electron chi connectivity index (χ0n) is 8.38. The van der Waals surface area contributed by atoms with Crippen LogP contribution in [-0.4, -0.2) is 19.4 Å². The maximum absolute atomic E-state index is 11.7. The van der Waals surface area contributed by atoms with E-state index in [1.165, 1.54) is 25.3 Å². The van der Waals surface area contributed by atoms with Crippen molar-refractivity contribution >= 4 is 10.0 Å². The van der Waals surface area contributed by atoms with Crippen molar-refractivity contribution in [2.75, 3.05) is 0 Å². The number of nitrogens with one attached hydrogen (secondary N) is 1. The second kappa shape index (κ2) is 4.71. The fraction of sp³-hybridized carbons (Fsp3) is 0.222. The fourth-order valence-electron chi connectivity index (χ4n) is 1.01. The fourth-order valence-corrected chi connectivity index (χ4v) is 2.27. The molecule has 82 valence electrons. The molecule has 0 aliphatic carbocycles. The van der Waals surface area contributed by atoms with Crippen molar-refractivity contribution in [2.45, 2.75) is 17.9 Å². The molecule has 0 aliphatic heterocycles. The molecule has 1 N–H and O–H groups in total. The number of hydrogen-bond donors (Lipinski definition) is 1. The summed E-state index contributed by atoms with van der Waals surface area (Å²) >= 11 is 0. The van der Waals surface area contributed by atoms with Crippen molar-refractivity contribution in [3.05, 3.63) is 24.0 Å². The van der Waals surface area contributed by atoms with Gasteiger partial charge in [0, 0.05) is 6.20 Å². The van der Waals surface area contributed by atoms with Crippen LogP contribution in [0.1, 0.15) is 12.6 Å². The minimum atomic E-state index is -3.87. The summed E-state index contributed by atoms with van der Waals surface area (Å²) in [5.74, 6) is 0. The summed E-state index contributed by atoms with van der Waals surface area (Å²) in [4.78, 5) is 3.41. The van der Waals surface area contributed by atoms with Crippen LogP contribution in [0.3, 0.4) is 0 Å². The maximum Gasteiger partial charge on any atom is 0.244 e. The Bertz CT molecular complexity index is 568. The smallest absolute Gasteiger partial charge is 0.244 e. The molecule has 1 unspecified atom stereocenters. The van der Waals surface area contributed by atoms with Gasteiger partial charge in [0.15, 0.2) is 5.69 Å². The van der Waals surface area contributed by atoms with Crippen molar-refractivity contribution in [3.63, 3.8) is 0 Å². The van der Waals surface area contributed by atoms with Crippen molar-refractivity contribution in [1.29, 1.82) is 10.5 Å². The van der Waals surface area contributed by atoms with Crippen molar-refractivity contribution in [2.24, 2.45) is 0 Å². The van der Waals surface area contributed by atoms with E-state index in [0.717, 1.165) is 0 Å². The largest absolute Gasteiger partial charge is 0.244 e. The van der Waals surface area contributed by atoms with Crippen molar-refractivity contribution < 1.29 is 8.42 Å². The Labute approximate surface area is 93.2 Å². The molecule has 1 heterocycles. The van der Waals surface area contributed by atoms with Gasteiger partial charge in [0.1, 0.15) is 17.0 Å². The molecule has 0 amide bonds. The summed E-state index contributed by atoms with van der Waals surface area (Å²) in [6.45, 7) is 1.40. The maximum atomic E-state index is 11.7. The van der Waals surface area contributed by atoms with Crippen LogP contribution in [0.25, 0.3) is 0 Å². The minimum absolute atomic E-state index is 0.194. The number of hydrogen-bond acceptors (Lipinski definition) is 5. The van der Waals surface area contributed by atoms with E-state index < -0.39 is 16.1 Å². The van der Waals surface area contributed by atoms with Gasteiger partial charge < -0.3 is 0 Å². The normalized spacial score (nSPS) is 12.4. The summed E-state index contributed by atoms with van der Waals surface area (Å²) in [6, 6.07) is 5.22. The zero-order valence-corrected chi connectivity index (χ0v) is 9.19. The quantitative estimate of drug-likeness (QED) is 0.803. The van der Waals surface area contributed by atoms with Gasteiger partial charge in [-0.15, -0.1) is 0 Å². The van der Waals surface area contributed by atoms with E-state index in [2.05, 4.69) is 9.71 Å². The van der Waals surface area contributed by atoms with Gasteiger partial charge in [-0.25, -0.2) is 13.4 Å². The van der Waals surface area contributed by atoms with Crippen LogP contribution >= 0.6 is 0 Å². The highest BCUT2D eigenvalue weighted by Crippen LogP contribution is 2.11. The Hall–Kier alpha value is -1.96. The topological polar surface area (TPSA) is 107 Å². The number of nitrogens with zero attached hydrogens (tertiary/aromatic N) is 3. The molecular formula is C9H8N4O2S. The highest BCUT2D eigenvalue weighted by atomic mass is 32.2. The second-order valence-corrected chi connectivity index (χ2v) is 4.62. The SMILES string of the molecule is CC(C#N)NS(=O)(=O)c1cccnc1C#N. The first-order valence-corrected chi connectivity index (χ1v) is 5.76. The van der Waals surface area contributed by atoms with Gasteiger partial charge in [-0.3, -0.25) is 0 Å². The molecular weight excluding hydrogens is 228 g/mol. The lowest BCUT2D eigenvalue weighted by molar-refractivity contribution is 0.576. The molecule has 1 aromatic heterocycles. The first-order chi connectivity index (χ1) is 7.51. The van der Waals surface area contributed by atoms with Gasteiger partial charge >= 0.3 is 0 Å². The summed E-state index contributed by atoms with van der Waals surface area (Å²) in [5.41, 5.74) is -0.194. The third-order valence-electron chi connectivity index (χ3n) is 1.69. The molecule has 0 bridgehead atoms. The Morgan fingerprint density at radius 1 is 1.50 bits per heavy atom. The van der Waals surface area contributed by atoms with Crippen molar-refractivity contribution in [1.82, 2.24) is 9.71 Å². The average molecular weight is 236 g/mol. The van der Waals surface area contributed by atoms with E-state index in [1.54, 1.807) is 12.1 Å². The summed E-state index contributed by atoms with van der Waals surface area (Å²) in [7, 11) is -3.87. The van der Waals surface area contributed by atoms with Crippen LogP contribution in [0.15, 0.2) is 23.2 Å². The molecule has 0 radical (unpaired) electrons. The van der Waals surface area contributed by atoms with Gasteiger partial charge in [-0.2, -0.15) is 15.2 Å². The Balaban J connectivity index is 3.20. The van der Waals surface area contributed by atoms with Crippen LogP contribution in [0, 0.1) is 22.7 Å². The van der Waals surface area contributed by atoms with Crippen LogP contribution in [0.2, 0.25) is 0 Å². The highest BCUT2D eigenvalue weighted by Gasteiger charge is 2.21. The molecule has 6 nitrogen and oxygen atoms in total. The molecule has 0 fully saturated rings. The molecule has 0 spiro atoms. The number of rotatable bonds is 3. The molecule has 1 aromatic rings. The van der Waals surface area contributed by atoms with Gasteiger partial charge in [-0.05, 0) is 19.1 Å². The number of pyridine rings is 1. The van der Waals surface area contributed by atoms with Gasteiger partial charge in [0.05, 0.1) is 6.07 Å². The molecule has 7 heteroatoms. The highest BCUT2D eigenvalue weighted by molar-refractivity contribution is 7.89. The third-order valence-corrected chi connectivity index (χ3v) is 3.26. The molecule has 0 saturated heterocycles. The van der Waals surface area contributed by atoms with E-state index >= 15 is 0 Å². The lowest BCUT2D eigenvalue weighted by Crippen LogP contribution is -2.32. The zero-order chi connectivity index (χ0) is 12.2. The van der Waals surface area contributed by atoms with Gasteiger partial charge in [0.2, 0.25) is 10.0 Å². The number of sulfonamides is 1. The van der Waals surface area contributed by atoms with E-state index in [-0.39, 0.29) is 10.6 Å². The van der Waals surface area contributed by atoms with Crippen LogP contribution < -0.4 is 4.72 Å². The molecule has 1 rings (SSSR count). The Morgan fingerprint density at radius 2 is 2.19 bits per heavy atom. The number of aromatic nitrogens is 1. The standard InChI is InChI=1S/C9H8N4O2S/c1-7(5-10)13-16(14,15)9-3-2-4-12-8(9)6-11/h2-4,7,13H,1H3. The molecule has 16 heavy (non-hydrogen) atoms. The second-order valence-electron chi connectivity index (χ2n) is 2.93. The summed E-state index contributed by atoms with van der Waals surface area (Å²) in [5, 5.41) is 17.2. The predicted octanol–water partition coefficient (Wildman–Crippen LogP) is 0.144. The van der Waals surface area contributed by atoms with E-state index in [9.17, 15) is 8.42 Å². The van der Waals surface area contributed by atoms with Crippen LogP contribution in [0.5, 0.6) is 0 Å². The monoisotopic (exact) mass is 236 g/mol. The average Bonchev–Trinajstić information content (AvgIpc) is 2.28. The molecule has 0 aromatic carbocycles. The molecule has 0 aliphatic rings. The van der Waals surface area contributed by atoms with Crippen LogP contribution in [-0.2, 0) is 10.0 Å². The lowest BCUT2D eigenvalue weighted by Gasteiger charge is -2.08. The first-order valence-electron chi connectivity index (χ1n) is 4.28. The van der Waals surface area contributed by atoms with E-state index in [0.29, 0.717) is 0 Å². The number of nitriles is 2. The van der Waals surface area contributed by atoms with Crippen molar-refractivity contribution in [3.8, 4) is 12.1 Å². The summed E-state index contributed by atoms with van der Waals surface area (Å²) in [6.07, 6.45) is 1.32. The van der Waals surface area contributed by atoms with Gasteiger partial charge in [0.25, 0.3) is 0 Å². The molecule has 1 atom stereocenters. The lowest BCUT2D eigenvalue weighted by atomic mass is 10.4. The molecule has 0 saturated carbocycles.